The van der Waals surface area contributed by atoms with Gasteiger partial charge in [0.05, 0.1) is 34.0 Å². The lowest BCUT2D eigenvalue weighted by Gasteiger charge is -2.08. The maximum Gasteiger partial charge on any atom is 0.436 e. The van der Waals surface area contributed by atoms with Gasteiger partial charge in [0, 0.05) is 0 Å². The number of carbonyl (C=O) groups excluding carboxylic acids is 1. The van der Waals surface area contributed by atoms with Gasteiger partial charge in [-0.05, 0) is 38.1 Å². The summed E-state index contributed by atoms with van der Waals surface area (Å²) in [6.07, 6.45) is -3.32. The molecule has 3 rings (SSSR count). The van der Waals surface area contributed by atoms with Crippen LogP contribution < -0.4 is 5.32 Å². The molecule has 0 atom stereocenters. The zero-order chi connectivity index (χ0) is 20.6. The van der Waals surface area contributed by atoms with Gasteiger partial charge in [0.2, 0.25) is 5.91 Å². The molecular formula is C17H14ClF4N5O. The zero-order valence-corrected chi connectivity index (χ0v) is 15.4. The molecule has 1 N–H and O–H groups in total. The Labute approximate surface area is 161 Å². The zero-order valence-electron chi connectivity index (χ0n) is 14.7. The third-order valence-corrected chi connectivity index (χ3v) is 4.50. The molecule has 0 spiro atoms. The molecule has 0 aliphatic rings. The average Bonchev–Trinajstić information content (AvgIpc) is 3.10. The van der Waals surface area contributed by atoms with Crippen LogP contribution in [0.15, 0.2) is 30.5 Å². The van der Waals surface area contributed by atoms with Crippen molar-refractivity contribution in [3.8, 4) is 5.69 Å². The van der Waals surface area contributed by atoms with Crippen LogP contribution in [0.25, 0.3) is 5.69 Å². The minimum atomic E-state index is -4.71. The van der Waals surface area contributed by atoms with Gasteiger partial charge in [-0.25, -0.2) is 9.07 Å². The third kappa shape index (κ3) is 3.86. The van der Waals surface area contributed by atoms with Gasteiger partial charge in [0.15, 0.2) is 5.69 Å². The fourth-order valence-electron chi connectivity index (χ4n) is 2.56. The van der Waals surface area contributed by atoms with Crippen molar-refractivity contribution in [2.24, 2.45) is 0 Å². The number of carbonyl (C=O) groups is 1. The summed E-state index contributed by atoms with van der Waals surface area (Å²) in [4.78, 5) is 12.3. The lowest BCUT2D eigenvalue weighted by atomic mass is 10.3. The first-order valence-corrected chi connectivity index (χ1v) is 8.36. The second-order valence-electron chi connectivity index (χ2n) is 5.98. The highest BCUT2D eigenvalue weighted by molar-refractivity contribution is 6.32. The Balaban J connectivity index is 1.77. The smallest absolute Gasteiger partial charge is 0.322 e. The summed E-state index contributed by atoms with van der Waals surface area (Å²) in [6.45, 7) is 2.57. The number of benzene rings is 1. The summed E-state index contributed by atoms with van der Waals surface area (Å²) in [5.41, 5.74) is 0.305. The van der Waals surface area contributed by atoms with Gasteiger partial charge in [0.1, 0.15) is 12.4 Å². The second kappa shape index (κ2) is 7.27. The highest BCUT2D eigenvalue weighted by Crippen LogP contribution is 2.35. The molecule has 148 valence electrons. The van der Waals surface area contributed by atoms with Crippen molar-refractivity contribution in [1.29, 1.82) is 0 Å². The van der Waals surface area contributed by atoms with Crippen LogP contribution in [0.4, 0.5) is 23.2 Å². The Kier molecular flexibility index (Phi) is 5.16. The Morgan fingerprint density at radius 2 is 1.82 bits per heavy atom. The van der Waals surface area contributed by atoms with Crippen LogP contribution in [0, 0.1) is 19.7 Å². The van der Waals surface area contributed by atoms with Crippen molar-refractivity contribution in [1.82, 2.24) is 19.6 Å². The van der Waals surface area contributed by atoms with Crippen molar-refractivity contribution < 1.29 is 22.4 Å². The molecule has 0 unspecified atom stereocenters. The largest absolute Gasteiger partial charge is 0.436 e. The molecule has 1 amide bonds. The van der Waals surface area contributed by atoms with E-state index in [1.54, 1.807) is 6.92 Å². The van der Waals surface area contributed by atoms with Gasteiger partial charge in [-0.3, -0.25) is 9.48 Å². The molecule has 3 aromatic rings. The molecule has 1 aromatic carbocycles. The second-order valence-corrected chi connectivity index (χ2v) is 6.36. The SMILES string of the molecule is Cc1c(Cl)c(C(F)(F)F)nn1CC(=O)Nc1cnn(-c2ccc(F)cc2)c1C. The fourth-order valence-corrected chi connectivity index (χ4v) is 2.80. The van der Waals surface area contributed by atoms with Gasteiger partial charge in [-0.2, -0.15) is 23.4 Å². The van der Waals surface area contributed by atoms with E-state index in [9.17, 15) is 22.4 Å². The third-order valence-electron chi connectivity index (χ3n) is 4.05. The fraction of sp³-hybridized carbons (Fsp3) is 0.235. The normalized spacial score (nSPS) is 11.7. The standard InChI is InChI=1S/C17H14ClF4N5O/c1-9-13(7-23-27(9)12-5-3-11(19)4-6-12)24-14(28)8-26-10(2)15(18)16(25-26)17(20,21)22/h3-7H,8H2,1-2H3,(H,24,28). The van der Waals surface area contributed by atoms with Crippen molar-refractivity contribution in [3.63, 3.8) is 0 Å². The molecule has 0 saturated carbocycles. The van der Waals surface area contributed by atoms with Crippen LogP contribution >= 0.6 is 11.6 Å². The summed E-state index contributed by atoms with van der Waals surface area (Å²) in [5.74, 6) is -0.994. The Hall–Kier alpha value is -2.88. The van der Waals surface area contributed by atoms with E-state index < -0.39 is 35.2 Å². The number of anilines is 1. The molecule has 0 aliphatic carbocycles. The molecule has 2 aromatic heterocycles. The number of nitrogens with zero attached hydrogens (tertiary/aromatic N) is 4. The summed E-state index contributed by atoms with van der Waals surface area (Å²) in [6, 6.07) is 5.59. The predicted molar refractivity (Wildman–Crippen MR) is 93.9 cm³/mol. The maximum absolute atomic E-state index is 13.0. The van der Waals surface area contributed by atoms with Gasteiger partial charge in [-0.1, -0.05) is 11.6 Å². The molecule has 11 heteroatoms. The highest BCUT2D eigenvalue weighted by Gasteiger charge is 2.38. The van der Waals surface area contributed by atoms with Crippen LogP contribution in [0.3, 0.4) is 0 Å². The van der Waals surface area contributed by atoms with Gasteiger partial charge in [-0.15, -0.1) is 0 Å². The number of nitrogens with one attached hydrogen (secondary N) is 1. The summed E-state index contributed by atoms with van der Waals surface area (Å²) >= 11 is 5.67. The Morgan fingerprint density at radius 1 is 1.18 bits per heavy atom. The highest BCUT2D eigenvalue weighted by atomic mass is 35.5. The van der Waals surface area contributed by atoms with E-state index in [0.717, 1.165) is 4.68 Å². The molecule has 0 aliphatic heterocycles. The van der Waals surface area contributed by atoms with Crippen molar-refractivity contribution in [2.75, 3.05) is 5.32 Å². The van der Waals surface area contributed by atoms with E-state index >= 15 is 0 Å². The predicted octanol–water partition coefficient (Wildman–Crippen LogP) is 4.14. The minimum absolute atomic E-state index is 0.0304. The van der Waals surface area contributed by atoms with E-state index in [-0.39, 0.29) is 5.69 Å². The van der Waals surface area contributed by atoms with E-state index in [1.807, 2.05) is 0 Å². The van der Waals surface area contributed by atoms with Crippen LogP contribution in [-0.4, -0.2) is 25.5 Å². The summed E-state index contributed by atoms with van der Waals surface area (Å²) in [5, 5.41) is 9.55. The van der Waals surface area contributed by atoms with E-state index in [0.29, 0.717) is 17.1 Å². The minimum Gasteiger partial charge on any atom is -0.322 e. The van der Waals surface area contributed by atoms with E-state index in [1.165, 1.54) is 42.1 Å². The van der Waals surface area contributed by atoms with E-state index in [4.69, 9.17) is 11.6 Å². The lowest BCUT2D eigenvalue weighted by molar-refractivity contribution is -0.141. The number of rotatable bonds is 4. The number of hydrogen-bond acceptors (Lipinski definition) is 3. The topological polar surface area (TPSA) is 64.7 Å². The first-order valence-electron chi connectivity index (χ1n) is 7.98. The van der Waals surface area contributed by atoms with Crippen molar-refractivity contribution in [3.05, 3.63) is 58.4 Å². The molecule has 0 radical (unpaired) electrons. The summed E-state index contributed by atoms with van der Waals surface area (Å²) < 4.78 is 54.0. The number of alkyl halides is 3. The van der Waals surface area contributed by atoms with Crippen LogP contribution in [0.2, 0.25) is 5.02 Å². The first-order chi connectivity index (χ1) is 13.1. The Bertz CT molecular complexity index is 1020. The average molecular weight is 416 g/mol. The van der Waals surface area contributed by atoms with Crippen molar-refractivity contribution in [2.45, 2.75) is 26.6 Å². The van der Waals surface area contributed by atoms with Gasteiger partial charge >= 0.3 is 6.18 Å². The number of halogens is 5. The number of amides is 1. The molecule has 28 heavy (non-hydrogen) atoms. The molecule has 0 saturated heterocycles. The van der Waals surface area contributed by atoms with Crippen LogP contribution in [-0.2, 0) is 17.5 Å². The number of hydrogen-bond donors (Lipinski definition) is 1. The van der Waals surface area contributed by atoms with Gasteiger partial charge < -0.3 is 5.32 Å². The maximum atomic E-state index is 13.0. The van der Waals surface area contributed by atoms with Crippen LogP contribution in [0.5, 0.6) is 0 Å². The molecule has 2 heterocycles. The molecular weight excluding hydrogens is 402 g/mol. The number of aromatic nitrogens is 4. The van der Waals surface area contributed by atoms with Crippen LogP contribution in [0.1, 0.15) is 17.1 Å². The van der Waals surface area contributed by atoms with E-state index in [2.05, 4.69) is 15.5 Å². The van der Waals surface area contributed by atoms with Gasteiger partial charge in [0.25, 0.3) is 0 Å². The lowest BCUT2D eigenvalue weighted by Crippen LogP contribution is -2.21. The summed E-state index contributed by atoms with van der Waals surface area (Å²) in [7, 11) is 0. The monoisotopic (exact) mass is 415 g/mol. The Morgan fingerprint density at radius 3 is 2.39 bits per heavy atom. The molecule has 6 nitrogen and oxygen atoms in total. The molecule has 0 fully saturated rings. The first kappa shape index (κ1) is 19.9. The van der Waals surface area contributed by atoms with Crippen molar-refractivity contribution >= 4 is 23.2 Å². The molecule has 0 bridgehead atoms. The quantitative estimate of drug-likeness (QED) is 0.651.